The molecule has 0 aliphatic carbocycles. The average Bonchev–Trinajstić information content (AvgIpc) is 3.36. The third kappa shape index (κ3) is 6.73. The van der Waals surface area contributed by atoms with E-state index in [-0.39, 0.29) is 58.8 Å². The monoisotopic (exact) mass is 506 g/mol. The van der Waals surface area contributed by atoms with Crippen LogP contribution in [0, 0.1) is 0 Å². The van der Waals surface area contributed by atoms with Gasteiger partial charge in [-0.15, -0.1) is 0 Å². The molecular formula is C17H14Cl4N6O4. The molecule has 0 atom stereocenters. The Labute approximate surface area is 195 Å². The topological polar surface area (TPSA) is 124 Å². The van der Waals surface area contributed by atoms with Gasteiger partial charge in [-0.3, -0.25) is 14.3 Å². The number of hydrogen-bond donors (Lipinski definition) is 2. The minimum Gasteiger partial charge on any atom is -0.482 e. The maximum absolute atomic E-state index is 12.0. The van der Waals surface area contributed by atoms with E-state index >= 15 is 0 Å². The van der Waals surface area contributed by atoms with Crippen LogP contribution in [0.5, 0.6) is 5.75 Å². The lowest BCUT2D eigenvalue weighted by Gasteiger charge is -2.10. The van der Waals surface area contributed by atoms with Gasteiger partial charge in [0, 0.05) is 25.4 Å². The largest absolute Gasteiger partial charge is 0.482 e. The molecule has 2 aromatic heterocycles. The fourth-order valence-electron chi connectivity index (χ4n) is 2.24. The SMILES string of the molecule is O=C(COc1cc(Cl)c(Cl)cc1Cl)NCCNC(=O)c1nc(Cn2cc(Cl)cn2)no1. The quantitative estimate of drug-likeness (QED) is 0.337. The van der Waals surface area contributed by atoms with Gasteiger partial charge in [0.05, 0.1) is 26.3 Å². The highest BCUT2D eigenvalue weighted by Gasteiger charge is 2.15. The number of aromatic nitrogens is 4. The smallest absolute Gasteiger partial charge is 0.316 e. The molecule has 0 saturated carbocycles. The van der Waals surface area contributed by atoms with Crippen molar-refractivity contribution in [3.05, 3.63) is 56.3 Å². The molecular weight excluding hydrogens is 494 g/mol. The highest BCUT2D eigenvalue weighted by molar-refractivity contribution is 6.43. The first-order valence-electron chi connectivity index (χ1n) is 8.64. The molecule has 3 aromatic rings. The highest BCUT2D eigenvalue weighted by atomic mass is 35.5. The van der Waals surface area contributed by atoms with Crippen molar-refractivity contribution < 1.29 is 18.8 Å². The van der Waals surface area contributed by atoms with Crippen LogP contribution in [0.4, 0.5) is 0 Å². The summed E-state index contributed by atoms with van der Waals surface area (Å²) in [5, 5.41) is 14.0. The number of carbonyl (C=O) groups excluding carboxylic acids is 2. The summed E-state index contributed by atoms with van der Waals surface area (Å²) in [6, 6.07) is 2.83. The van der Waals surface area contributed by atoms with Crippen molar-refractivity contribution >= 4 is 58.2 Å². The summed E-state index contributed by atoms with van der Waals surface area (Å²) < 4.78 is 11.7. The number of nitrogens with zero attached hydrogens (tertiary/aromatic N) is 4. The van der Waals surface area contributed by atoms with Crippen LogP contribution in [0.2, 0.25) is 20.1 Å². The molecule has 2 heterocycles. The molecule has 0 fully saturated rings. The highest BCUT2D eigenvalue weighted by Crippen LogP contribution is 2.33. The fraction of sp³-hybridized carbons (Fsp3) is 0.235. The van der Waals surface area contributed by atoms with Gasteiger partial charge in [-0.2, -0.15) is 10.1 Å². The Kier molecular flexibility index (Phi) is 7.97. The summed E-state index contributed by atoms with van der Waals surface area (Å²) in [6.07, 6.45) is 3.05. The van der Waals surface area contributed by atoms with Crippen molar-refractivity contribution in [1.82, 2.24) is 30.6 Å². The van der Waals surface area contributed by atoms with Gasteiger partial charge in [0.15, 0.2) is 12.4 Å². The number of benzene rings is 1. The van der Waals surface area contributed by atoms with Gasteiger partial charge in [-0.1, -0.05) is 51.6 Å². The zero-order valence-electron chi connectivity index (χ0n) is 15.6. The maximum Gasteiger partial charge on any atom is 0.316 e. The van der Waals surface area contributed by atoms with E-state index in [1.54, 1.807) is 6.20 Å². The number of hydrogen-bond acceptors (Lipinski definition) is 7. The van der Waals surface area contributed by atoms with E-state index in [0.717, 1.165) is 0 Å². The Bertz CT molecular complexity index is 1090. The molecule has 1 aromatic carbocycles. The van der Waals surface area contributed by atoms with Crippen LogP contribution in [0.3, 0.4) is 0 Å². The van der Waals surface area contributed by atoms with Crippen LogP contribution in [0.25, 0.3) is 0 Å². The first-order chi connectivity index (χ1) is 14.8. The molecule has 0 saturated heterocycles. The van der Waals surface area contributed by atoms with Gasteiger partial charge in [0.25, 0.3) is 5.91 Å². The third-order valence-electron chi connectivity index (χ3n) is 3.63. The zero-order chi connectivity index (χ0) is 22.4. The van der Waals surface area contributed by atoms with Crippen LogP contribution in [0.1, 0.15) is 16.5 Å². The Morgan fingerprint density at radius 3 is 2.55 bits per heavy atom. The molecule has 164 valence electrons. The lowest BCUT2D eigenvalue weighted by atomic mass is 10.3. The van der Waals surface area contributed by atoms with E-state index in [0.29, 0.717) is 5.02 Å². The molecule has 10 nitrogen and oxygen atoms in total. The number of carbonyl (C=O) groups is 2. The molecule has 31 heavy (non-hydrogen) atoms. The second-order valence-corrected chi connectivity index (χ2v) is 7.62. The summed E-state index contributed by atoms with van der Waals surface area (Å²) in [6.45, 7) is 0.179. The maximum atomic E-state index is 12.0. The summed E-state index contributed by atoms with van der Waals surface area (Å²) in [5.41, 5.74) is 0. The minimum atomic E-state index is -0.578. The Morgan fingerprint density at radius 2 is 1.81 bits per heavy atom. The predicted molar refractivity (Wildman–Crippen MR) is 113 cm³/mol. The predicted octanol–water partition coefficient (Wildman–Crippen LogP) is 2.85. The molecule has 0 bridgehead atoms. The van der Waals surface area contributed by atoms with Gasteiger partial charge in [-0.25, -0.2) is 0 Å². The number of ether oxygens (including phenoxy) is 1. The molecule has 0 aliphatic heterocycles. The summed E-state index contributed by atoms with van der Waals surface area (Å²) in [4.78, 5) is 27.9. The number of nitrogens with one attached hydrogen (secondary N) is 2. The third-order valence-corrected chi connectivity index (χ3v) is 4.85. The second kappa shape index (κ2) is 10.7. The van der Waals surface area contributed by atoms with Gasteiger partial charge in [0.2, 0.25) is 0 Å². The normalized spacial score (nSPS) is 10.7. The van der Waals surface area contributed by atoms with Gasteiger partial charge >= 0.3 is 11.8 Å². The standard InChI is InChI=1S/C17H14Cl4N6O4/c18-9-5-24-27(6-9)7-14-25-17(31-26-14)16(29)23-2-1-22-15(28)8-30-13-4-11(20)10(19)3-12(13)21/h3-6H,1-2,7-8H2,(H,22,28)(H,23,29). The van der Waals surface area contributed by atoms with Crippen molar-refractivity contribution in [1.29, 1.82) is 0 Å². The van der Waals surface area contributed by atoms with Gasteiger partial charge in [0.1, 0.15) is 12.3 Å². The van der Waals surface area contributed by atoms with E-state index in [1.807, 2.05) is 0 Å². The number of halogens is 4. The fourth-order valence-corrected chi connectivity index (χ4v) is 2.99. The second-order valence-electron chi connectivity index (χ2n) is 5.96. The number of rotatable bonds is 9. The van der Waals surface area contributed by atoms with Crippen LogP contribution in [-0.2, 0) is 11.3 Å². The first-order valence-corrected chi connectivity index (χ1v) is 10.2. The molecule has 14 heteroatoms. The molecule has 2 amide bonds. The van der Waals surface area contributed by atoms with Crippen LogP contribution in [-0.4, -0.2) is 51.4 Å². The Hall–Kier alpha value is -2.53. The summed E-state index contributed by atoms with van der Waals surface area (Å²) in [5.74, 6) is -0.725. The van der Waals surface area contributed by atoms with Gasteiger partial charge < -0.3 is 19.9 Å². The molecule has 0 unspecified atom stereocenters. The van der Waals surface area contributed by atoms with Crippen molar-refractivity contribution in [2.24, 2.45) is 0 Å². The Balaban J connectivity index is 1.37. The molecule has 0 aliphatic rings. The van der Waals surface area contributed by atoms with Crippen LogP contribution in [0.15, 0.2) is 29.0 Å². The van der Waals surface area contributed by atoms with E-state index in [1.165, 1.54) is 23.0 Å². The van der Waals surface area contributed by atoms with E-state index in [4.69, 9.17) is 55.7 Å². The van der Waals surface area contributed by atoms with E-state index in [2.05, 4.69) is 25.9 Å². The van der Waals surface area contributed by atoms with Crippen LogP contribution >= 0.6 is 46.4 Å². The lowest BCUT2D eigenvalue weighted by Crippen LogP contribution is -2.36. The summed E-state index contributed by atoms with van der Waals surface area (Å²) in [7, 11) is 0. The van der Waals surface area contributed by atoms with E-state index < -0.39 is 11.8 Å². The summed E-state index contributed by atoms with van der Waals surface area (Å²) >= 11 is 23.5. The Morgan fingerprint density at radius 1 is 1.06 bits per heavy atom. The van der Waals surface area contributed by atoms with Crippen LogP contribution < -0.4 is 15.4 Å². The van der Waals surface area contributed by atoms with Crippen molar-refractivity contribution in [2.45, 2.75) is 6.54 Å². The lowest BCUT2D eigenvalue weighted by molar-refractivity contribution is -0.123. The molecule has 0 spiro atoms. The zero-order valence-corrected chi connectivity index (χ0v) is 18.6. The van der Waals surface area contributed by atoms with Gasteiger partial charge in [-0.05, 0) is 6.07 Å². The molecule has 3 rings (SSSR count). The first kappa shape index (κ1) is 23.1. The molecule has 0 radical (unpaired) electrons. The van der Waals surface area contributed by atoms with E-state index in [9.17, 15) is 9.59 Å². The number of amides is 2. The van der Waals surface area contributed by atoms with Crippen molar-refractivity contribution in [3.63, 3.8) is 0 Å². The van der Waals surface area contributed by atoms with Crippen molar-refractivity contribution in [2.75, 3.05) is 19.7 Å². The average molecular weight is 508 g/mol. The minimum absolute atomic E-state index is 0.130. The van der Waals surface area contributed by atoms with Crippen molar-refractivity contribution in [3.8, 4) is 5.75 Å². The molecule has 2 N–H and O–H groups in total.